The van der Waals surface area contributed by atoms with Gasteiger partial charge in [-0.1, -0.05) is 8.93 Å². The lowest BCUT2D eigenvalue weighted by molar-refractivity contribution is 0.201. The minimum atomic E-state index is 0.0583. The van der Waals surface area contributed by atoms with Crippen LogP contribution in [0.2, 0.25) is 0 Å². The normalized spacial score (nSPS) is 9.83. The molecule has 1 aromatic carbocycles. The molecule has 2 nitrogen and oxygen atoms in total. The highest BCUT2D eigenvalue weighted by molar-refractivity contribution is 14.2. The van der Waals surface area contributed by atoms with Gasteiger partial charge in [0.25, 0.3) is 0 Å². The number of aliphatic hydroxyl groups is 1. The predicted octanol–water partition coefficient (Wildman–Crippen LogP) is 2.50. The first-order valence-electron chi connectivity index (χ1n) is 3.49. The van der Waals surface area contributed by atoms with Crippen molar-refractivity contribution in [2.24, 2.45) is 0 Å². The van der Waals surface area contributed by atoms with E-state index < -0.39 is 0 Å². The summed E-state index contributed by atoms with van der Waals surface area (Å²) in [5.74, 6) is 0.804. The molecule has 0 aliphatic heterocycles. The quantitative estimate of drug-likeness (QED) is 0.866. The van der Waals surface area contributed by atoms with Gasteiger partial charge >= 0.3 is 0 Å². The largest absolute Gasteiger partial charge is 0.491 e. The van der Waals surface area contributed by atoms with Crippen molar-refractivity contribution in [1.29, 1.82) is 0 Å². The average molecular weight is 296 g/mol. The summed E-state index contributed by atoms with van der Waals surface area (Å²) in [6, 6.07) is 7.78. The van der Waals surface area contributed by atoms with Gasteiger partial charge in [-0.05, 0) is 24.3 Å². The van der Waals surface area contributed by atoms with Crippen molar-refractivity contribution in [1.82, 2.24) is 0 Å². The van der Waals surface area contributed by atoms with Gasteiger partial charge < -0.3 is 9.84 Å². The minimum absolute atomic E-state index is 0.0583. The van der Waals surface area contributed by atoms with E-state index in [-0.39, 0.29) is 6.61 Å². The van der Waals surface area contributed by atoms with Crippen LogP contribution in [0, 0.1) is 0 Å². The smallest absolute Gasteiger partial charge is 0.119 e. The van der Waals surface area contributed by atoms with Crippen LogP contribution in [-0.2, 0) is 0 Å². The first-order chi connectivity index (χ1) is 5.86. The van der Waals surface area contributed by atoms with E-state index in [1.165, 1.54) is 4.90 Å². The summed E-state index contributed by atoms with van der Waals surface area (Å²) < 4.78 is 5.19. The summed E-state index contributed by atoms with van der Waals surface area (Å²) in [6.07, 6.45) is 0. The van der Waals surface area contributed by atoms with Crippen molar-refractivity contribution in [3.05, 3.63) is 24.3 Å². The molecule has 0 saturated carbocycles. The Morgan fingerprint density at radius 3 is 2.50 bits per heavy atom. The summed E-state index contributed by atoms with van der Waals surface area (Å²) in [5.41, 5.74) is 0. The Morgan fingerprint density at radius 1 is 1.33 bits per heavy atom. The predicted molar refractivity (Wildman–Crippen MR) is 58.9 cm³/mol. The van der Waals surface area contributed by atoms with Gasteiger partial charge in [-0.3, -0.25) is 0 Å². The van der Waals surface area contributed by atoms with Crippen molar-refractivity contribution in [3.8, 4) is 5.75 Å². The molecule has 1 rings (SSSR count). The molecule has 66 valence electrons. The van der Waals surface area contributed by atoms with Gasteiger partial charge in [0.15, 0.2) is 0 Å². The van der Waals surface area contributed by atoms with Crippen LogP contribution in [0.25, 0.3) is 0 Å². The standard InChI is InChI=1S/C8H9IO2S/c9-12-8-3-1-7(2-4-8)11-6-5-10/h1-4,10H,5-6H2. The van der Waals surface area contributed by atoms with Crippen LogP contribution in [0.3, 0.4) is 0 Å². The molecular formula is C8H9IO2S. The fraction of sp³-hybridized carbons (Fsp3) is 0.250. The minimum Gasteiger partial charge on any atom is -0.491 e. The highest BCUT2D eigenvalue weighted by Gasteiger charge is 1.93. The Morgan fingerprint density at radius 2 is 2.00 bits per heavy atom. The van der Waals surface area contributed by atoms with Crippen molar-refractivity contribution in [3.63, 3.8) is 0 Å². The fourth-order valence-electron chi connectivity index (χ4n) is 0.751. The first kappa shape index (κ1) is 10.1. The Labute approximate surface area is 87.9 Å². The van der Waals surface area contributed by atoms with E-state index in [1.54, 1.807) is 8.93 Å². The van der Waals surface area contributed by atoms with E-state index >= 15 is 0 Å². The molecule has 0 unspecified atom stereocenters. The number of hydrogen-bond acceptors (Lipinski definition) is 3. The summed E-state index contributed by atoms with van der Waals surface area (Å²) in [4.78, 5) is 1.20. The molecule has 0 aliphatic carbocycles. The zero-order valence-electron chi connectivity index (χ0n) is 6.37. The fourth-order valence-corrected chi connectivity index (χ4v) is 1.87. The van der Waals surface area contributed by atoms with E-state index in [1.807, 2.05) is 24.3 Å². The van der Waals surface area contributed by atoms with E-state index in [4.69, 9.17) is 9.84 Å². The van der Waals surface area contributed by atoms with E-state index in [0.717, 1.165) is 5.75 Å². The Hall–Kier alpha value is 0.0600. The monoisotopic (exact) mass is 296 g/mol. The summed E-state index contributed by atoms with van der Waals surface area (Å²) >= 11 is 2.23. The summed E-state index contributed by atoms with van der Waals surface area (Å²) in [6.45, 7) is 0.416. The van der Waals surface area contributed by atoms with E-state index in [0.29, 0.717) is 6.61 Å². The number of ether oxygens (including phenoxy) is 1. The van der Waals surface area contributed by atoms with Crippen LogP contribution in [0.15, 0.2) is 29.2 Å². The van der Waals surface area contributed by atoms with Gasteiger partial charge in [-0.2, -0.15) is 0 Å². The maximum atomic E-state index is 8.50. The number of aliphatic hydroxyl groups excluding tert-OH is 1. The van der Waals surface area contributed by atoms with Gasteiger partial charge in [0.1, 0.15) is 12.4 Å². The molecule has 0 amide bonds. The third-order valence-electron chi connectivity index (χ3n) is 1.27. The molecular weight excluding hydrogens is 287 g/mol. The molecule has 0 fully saturated rings. The molecule has 0 aromatic heterocycles. The van der Waals surface area contributed by atoms with Gasteiger partial charge in [0.05, 0.1) is 6.61 Å². The molecule has 0 atom stereocenters. The molecule has 0 bridgehead atoms. The number of hydrogen-bond donors (Lipinski definition) is 1. The number of rotatable bonds is 4. The van der Waals surface area contributed by atoms with Crippen LogP contribution in [0.4, 0.5) is 0 Å². The molecule has 1 aromatic rings. The summed E-state index contributed by atoms with van der Waals surface area (Å²) in [7, 11) is 1.67. The van der Waals surface area contributed by atoms with Crippen LogP contribution >= 0.6 is 30.1 Å². The van der Waals surface area contributed by atoms with Crippen molar-refractivity contribution >= 4 is 30.1 Å². The SMILES string of the molecule is OCCOc1ccc(SI)cc1. The second kappa shape index (κ2) is 5.66. The summed E-state index contributed by atoms with van der Waals surface area (Å²) in [5, 5.41) is 8.50. The van der Waals surface area contributed by atoms with E-state index in [9.17, 15) is 0 Å². The zero-order valence-corrected chi connectivity index (χ0v) is 9.34. The Bertz CT molecular complexity index is 225. The van der Waals surface area contributed by atoms with Gasteiger partial charge in [0.2, 0.25) is 0 Å². The number of halogens is 1. The lowest BCUT2D eigenvalue weighted by atomic mass is 10.3. The van der Waals surface area contributed by atoms with Crippen LogP contribution in [-0.4, -0.2) is 18.3 Å². The Kier molecular flexibility index (Phi) is 4.79. The number of benzene rings is 1. The van der Waals surface area contributed by atoms with Gasteiger partial charge in [-0.25, -0.2) is 0 Å². The van der Waals surface area contributed by atoms with Crippen LogP contribution in [0.5, 0.6) is 5.75 Å². The molecule has 0 aliphatic rings. The molecule has 1 N–H and O–H groups in total. The van der Waals surface area contributed by atoms with Crippen molar-refractivity contribution < 1.29 is 9.84 Å². The van der Waals surface area contributed by atoms with Crippen LogP contribution < -0.4 is 4.74 Å². The first-order valence-corrected chi connectivity index (χ1v) is 6.85. The Balaban J connectivity index is 2.53. The van der Waals surface area contributed by atoms with Crippen molar-refractivity contribution in [2.45, 2.75) is 4.90 Å². The molecule has 0 heterocycles. The van der Waals surface area contributed by atoms with Gasteiger partial charge in [0, 0.05) is 26.1 Å². The zero-order chi connectivity index (χ0) is 8.81. The lowest BCUT2D eigenvalue weighted by Gasteiger charge is -2.03. The van der Waals surface area contributed by atoms with E-state index in [2.05, 4.69) is 21.2 Å². The lowest BCUT2D eigenvalue weighted by Crippen LogP contribution is -2.00. The second-order valence-electron chi connectivity index (χ2n) is 2.12. The molecule has 0 spiro atoms. The maximum Gasteiger partial charge on any atom is 0.119 e. The van der Waals surface area contributed by atoms with Crippen molar-refractivity contribution in [2.75, 3.05) is 13.2 Å². The molecule has 0 radical (unpaired) electrons. The highest BCUT2D eigenvalue weighted by atomic mass is 127. The topological polar surface area (TPSA) is 29.5 Å². The van der Waals surface area contributed by atoms with Crippen LogP contribution in [0.1, 0.15) is 0 Å². The third-order valence-corrected chi connectivity index (χ3v) is 3.25. The highest BCUT2D eigenvalue weighted by Crippen LogP contribution is 2.26. The molecule has 12 heavy (non-hydrogen) atoms. The third kappa shape index (κ3) is 3.20. The van der Waals surface area contributed by atoms with Gasteiger partial charge in [-0.15, -0.1) is 0 Å². The maximum absolute atomic E-state index is 8.50. The molecule has 0 saturated heterocycles. The molecule has 4 heteroatoms. The average Bonchev–Trinajstić information content (AvgIpc) is 2.15. The second-order valence-corrected chi connectivity index (χ2v) is 4.07.